The SMILES string of the molecule is CCOC(OCC)[C@H](C)N(Cc1csc2ccccc12)C(=O)[C@H](CCCCN(C(=O)O)C(C)(C)C)NC(=O)CONC(=O)NCc1ccncc1. The summed E-state index contributed by atoms with van der Waals surface area (Å²) in [5.74, 6) is -0.978. The smallest absolute Gasteiger partial charge is 0.407 e. The van der Waals surface area contributed by atoms with Gasteiger partial charge in [-0.15, -0.1) is 11.3 Å². The number of hydrogen-bond acceptors (Lipinski definition) is 9. The lowest BCUT2D eigenvalue weighted by Gasteiger charge is -2.36. The minimum absolute atomic E-state index is 0.226. The van der Waals surface area contributed by atoms with Gasteiger partial charge < -0.3 is 35.0 Å². The third kappa shape index (κ3) is 13.1. The van der Waals surface area contributed by atoms with Gasteiger partial charge in [-0.25, -0.2) is 15.1 Å². The summed E-state index contributed by atoms with van der Waals surface area (Å²) >= 11 is 1.58. The molecule has 2 atom stereocenters. The van der Waals surface area contributed by atoms with E-state index in [0.717, 1.165) is 21.2 Å². The van der Waals surface area contributed by atoms with Crippen molar-refractivity contribution in [3.8, 4) is 0 Å². The number of ether oxygens (including phenoxy) is 2. The van der Waals surface area contributed by atoms with Crippen LogP contribution in [0.4, 0.5) is 9.59 Å². The van der Waals surface area contributed by atoms with Crippen LogP contribution in [0.2, 0.25) is 0 Å². The van der Waals surface area contributed by atoms with Crippen LogP contribution in [-0.4, -0.2) is 94.1 Å². The molecule has 2 heterocycles. The lowest BCUT2D eigenvalue weighted by Crippen LogP contribution is -2.55. The highest BCUT2D eigenvalue weighted by molar-refractivity contribution is 7.17. The van der Waals surface area contributed by atoms with Crippen LogP contribution in [0.15, 0.2) is 54.2 Å². The molecule has 0 bridgehead atoms. The zero-order valence-electron chi connectivity index (χ0n) is 30.3. The standard InChI is InChI=1S/C36H52N6O8S/c1-7-48-33(49-8-2)25(3)41(22-27-24-51-30-15-10-9-13-28(27)30)32(44)29(14-11-12-20-42(35(46)47)36(4,5)6)39-31(43)23-50-40-34(45)38-21-26-16-18-37-19-17-26/h9-10,13,15-19,24-25,29,33H,7-8,11-12,14,20-23H2,1-6H3,(H,39,43)(H,46,47)(H2,38,40,45)/t25-,29-/m0/s1. The average molecular weight is 729 g/mol. The van der Waals surface area contributed by atoms with E-state index in [1.807, 2.05) is 71.2 Å². The number of pyridine rings is 1. The number of fused-ring (bicyclic) bond motifs is 1. The Balaban J connectivity index is 1.79. The van der Waals surface area contributed by atoms with Crippen molar-refractivity contribution in [3.05, 3.63) is 65.3 Å². The zero-order valence-corrected chi connectivity index (χ0v) is 31.2. The molecule has 0 spiro atoms. The molecule has 0 aliphatic carbocycles. The van der Waals surface area contributed by atoms with Gasteiger partial charge in [0.25, 0.3) is 0 Å². The number of thiophene rings is 1. The molecule has 4 N–H and O–H groups in total. The van der Waals surface area contributed by atoms with Gasteiger partial charge in [-0.3, -0.25) is 19.4 Å². The number of carbonyl (C=O) groups is 4. The van der Waals surface area contributed by atoms with Gasteiger partial charge in [-0.05, 0) is 101 Å². The van der Waals surface area contributed by atoms with Crippen molar-refractivity contribution in [2.24, 2.45) is 0 Å². The number of unbranched alkanes of at least 4 members (excludes halogenated alkanes) is 1. The normalized spacial score (nSPS) is 12.7. The molecule has 0 saturated heterocycles. The Labute approximate surface area is 303 Å². The quantitative estimate of drug-likeness (QED) is 0.0687. The van der Waals surface area contributed by atoms with Gasteiger partial charge in [0.1, 0.15) is 6.04 Å². The van der Waals surface area contributed by atoms with E-state index in [0.29, 0.717) is 26.1 Å². The van der Waals surface area contributed by atoms with Gasteiger partial charge in [0, 0.05) is 55.5 Å². The van der Waals surface area contributed by atoms with Crippen molar-refractivity contribution in [1.82, 2.24) is 30.9 Å². The summed E-state index contributed by atoms with van der Waals surface area (Å²) < 4.78 is 12.9. The van der Waals surface area contributed by atoms with Gasteiger partial charge >= 0.3 is 12.1 Å². The first-order valence-corrected chi connectivity index (χ1v) is 18.1. The van der Waals surface area contributed by atoms with Crippen LogP contribution in [0.5, 0.6) is 0 Å². The Morgan fingerprint density at radius 3 is 2.33 bits per heavy atom. The minimum Gasteiger partial charge on any atom is -0.465 e. The number of nitrogens with one attached hydrogen (secondary N) is 3. The van der Waals surface area contributed by atoms with E-state index in [1.165, 1.54) is 4.90 Å². The fraction of sp³-hybridized carbons (Fsp3) is 0.528. The van der Waals surface area contributed by atoms with Crippen LogP contribution < -0.4 is 16.1 Å². The molecule has 0 aliphatic rings. The van der Waals surface area contributed by atoms with Crippen molar-refractivity contribution < 1.29 is 38.6 Å². The van der Waals surface area contributed by atoms with E-state index >= 15 is 0 Å². The van der Waals surface area contributed by atoms with E-state index < -0.39 is 48.6 Å². The summed E-state index contributed by atoms with van der Waals surface area (Å²) in [6.45, 7) is 11.9. The second-order valence-electron chi connectivity index (χ2n) is 12.9. The Bertz CT molecular complexity index is 1540. The number of urea groups is 1. The van der Waals surface area contributed by atoms with Crippen molar-refractivity contribution in [3.63, 3.8) is 0 Å². The maximum absolute atomic E-state index is 14.6. The predicted molar refractivity (Wildman–Crippen MR) is 195 cm³/mol. The summed E-state index contributed by atoms with van der Waals surface area (Å²) in [5, 5.41) is 18.2. The average Bonchev–Trinajstić information content (AvgIpc) is 3.50. The lowest BCUT2D eigenvalue weighted by atomic mass is 10.0. The summed E-state index contributed by atoms with van der Waals surface area (Å²) in [5.41, 5.74) is 3.36. The fourth-order valence-electron chi connectivity index (χ4n) is 5.48. The molecular formula is C36H52N6O8S. The Morgan fingerprint density at radius 2 is 1.69 bits per heavy atom. The van der Waals surface area contributed by atoms with Crippen LogP contribution in [-0.2, 0) is 37.0 Å². The molecule has 51 heavy (non-hydrogen) atoms. The van der Waals surface area contributed by atoms with Crippen LogP contribution in [0.3, 0.4) is 0 Å². The van der Waals surface area contributed by atoms with Crippen LogP contribution in [0, 0.1) is 0 Å². The van der Waals surface area contributed by atoms with Gasteiger partial charge in [-0.1, -0.05) is 18.2 Å². The first-order valence-electron chi connectivity index (χ1n) is 17.2. The third-order valence-electron chi connectivity index (χ3n) is 8.10. The lowest BCUT2D eigenvalue weighted by molar-refractivity contribution is -0.180. The highest BCUT2D eigenvalue weighted by atomic mass is 32.1. The molecule has 0 radical (unpaired) electrons. The number of carboxylic acid groups (broad SMARTS) is 1. The first kappa shape index (κ1) is 41.1. The Hall–Kier alpha value is -4.31. The molecule has 3 aromatic rings. The largest absolute Gasteiger partial charge is 0.465 e. The molecule has 1 aromatic carbocycles. The second kappa shape index (κ2) is 20.5. The minimum atomic E-state index is -1.03. The Kier molecular flexibility index (Phi) is 16.5. The molecule has 0 aliphatic heterocycles. The van der Waals surface area contributed by atoms with E-state index in [-0.39, 0.29) is 32.0 Å². The molecule has 15 heteroatoms. The molecule has 3 rings (SSSR count). The van der Waals surface area contributed by atoms with Crippen molar-refractivity contribution in [2.45, 2.75) is 97.8 Å². The number of amides is 5. The van der Waals surface area contributed by atoms with E-state index in [2.05, 4.69) is 21.1 Å². The number of rotatable bonds is 20. The van der Waals surface area contributed by atoms with Gasteiger partial charge in [0.2, 0.25) is 11.8 Å². The summed E-state index contributed by atoms with van der Waals surface area (Å²) in [6.07, 6.45) is 2.60. The first-order chi connectivity index (χ1) is 24.3. The van der Waals surface area contributed by atoms with E-state index in [9.17, 15) is 24.3 Å². The number of carbonyl (C=O) groups excluding carboxylic acids is 3. The van der Waals surface area contributed by atoms with Crippen molar-refractivity contribution in [2.75, 3.05) is 26.4 Å². The molecule has 0 unspecified atom stereocenters. The van der Waals surface area contributed by atoms with Crippen LogP contribution >= 0.6 is 11.3 Å². The van der Waals surface area contributed by atoms with Crippen LogP contribution in [0.1, 0.15) is 71.9 Å². The third-order valence-corrected chi connectivity index (χ3v) is 9.11. The maximum atomic E-state index is 14.6. The topological polar surface area (TPSA) is 172 Å². The molecule has 2 aromatic heterocycles. The van der Waals surface area contributed by atoms with Crippen LogP contribution in [0.25, 0.3) is 10.1 Å². The fourth-order valence-corrected chi connectivity index (χ4v) is 6.43. The van der Waals surface area contributed by atoms with Gasteiger partial charge in [0.15, 0.2) is 12.9 Å². The Morgan fingerprint density at radius 1 is 1.00 bits per heavy atom. The molecular weight excluding hydrogens is 676 g/mol. The van der Waals surface area contributed by atoms with E-state index in [4.69, 9.17) is 14.3 Å². The van der Waals surface area contributed by atoms with Crippen molar-refractivity contribution >= 4 is 45.4 Å². The number of benzene rings is 1. The number of nitrogens with zero attached hydrogens (tertiary/aromatic N) is 3. The molecule has 5 amide bonds. The molecule has 14 nitrogen and oxygen atoms in total. The number of hydroxylamine groups is 1. The number of hydrogen-bond donors (Lipinski definition) is 4. The van der Waals surface area contributed by atoms with Gasteiger partial charge in [-0.2, -0.15) is 0 Å². The molecule has 0 fully saturated rings. The second-order valence-corrected chi connectivity index (χ2v) is 13.8. The molecule has 0 saturated carbocycles. The maximum Gasteiger partial charge on any atom is 0.407 e. The van der Waals surface area contributed by atoms with Crippen molar-refractivity contribution in [1.29, 1.82) is 0 Å². The zero-order chi connectivity index (χ0) is 37.4. The predicted octanol–water partition coefficient (Wildman–Crippen LogP) is 5.28. The highest BCUT2D eigenvalue weighted by Crippen LogP contribution is 2.28. The van der Waals surface area contributed by atoms with Gasteiger partial charge in [0.05, 0.1) is 6.04 Å². The molecule has 280 valence electrons. The monoisotopic (exact) mass is 728 g/mol. The van der Waals surface area contributed by atoms with E-state index in [1.54, 1.807) is 40.8 Å². The highest BCUT2D eigenvalue weighted by Gasteiger charge is 2.34. The summed E-state index contributed by atoms with van der Waals surface area (Å²) in [4.78, 5) is 64.0. The number of aromatic nitrogens is 1. The summed E-state index contributed by atoms with van der Waals surface area (Å²) in [7, 11) is 0. The summed E-state index contributed by atoms with van der Waals surface area (Å²) in [6, 6.07) is 9.28.